The maximum absolute atomic E-state index is 12.7. The van der Waals surface area contributed by atoms with Gasteiger partial charge in [0.05, 0.1) is 19.8 Å². The molecule has 0 unspecified atom stereocenters. The Kier molecular flexibility index (Phi) is 7.74. The molecule has 6 heteroatoms. The first-order valence-electron chi connectivity index (χ1n) is 10.6. The van der Waals surface area contributed by atoms with Gasteiger partial charge in [-0.05, 0) is 31.2 Å². The van der Waals surface area contributed by atoms with Gasteiger partial charge in [-0.1, -0.05) is 42.0 Å². The summed E-state index contributed by atoms with van der Waals surface area (Å²) in [5.41, 5.74) is 2.54. The van der Waals surface area contributed by atoms with Crippen LogP contribution >= 0.6 is 12.4 Å². The highest BCUT2D eigenvalue weighted by atomic mass is 35.5. The van der Waals surface area contributed by atoms with Gasteiger partial charge < -0.3 is 14.4 Å². The summed E-state index contributed by atoms with van der Waals surface area (Å²) in [6, 6.07) is 8.62. The summed E-state index contributed by atoms with van der Waals surface area (Å²) in [5.74, 6) is 0.476. The number of carbonyl (C=O) groups is 1. The first kappa shape index (κ1) is 22.3. The van der Waals surface area contributed by atoms with E-state index in [1.165, 1.54) is 11.1 Å². The molecule has 160 valence electrons. The van der Waals surface area contributed by atoms with Crippen molar-refractivity contribution in [1.29, 1.82) is 0 Å². The third-order valence-corrected chi connectivity index (χ3v) is 6.32. The van der Waals surface area contributed by atoms with E-state index in [1.807, 2.05) is 4.90 Å². The monoisotopic (exact) mass is 420 g/mol. The minimum absolute atomic E-state index is 0. The zero-order chi connectivity index (χ0) is 19.4. The second kappa shape index (κ2) is 10.1. The van der Waals surface area contributed by atoms with Gasteiger partial charge in [-0.3, -0.25) is 9.69 Å². The van der Waals surface area contributed by atoms with E-state index in [-0.39, 0.29) is 24.1 Å². The first-order chi connectivity index (χ1) is 13.6. The maximum Gasteiger partial charge on any atom is 0.236 e. The Morgan fingerprint density at radius 1 is 1.07 bits per heavy atom. The van der Waals surface area contributed by atoms with E-state index in [4.69, 9.17) is 9.47 Å². The Morgan fingerprint density at radius 3 is 2.31 bits per heavy atom. The molecule has 0 aliphatic carbocycles. The normalized spacial score (nSPS) is 22.9. The average molecular weight is 421 g/mol. The van der Waals surface area contributed by atoms with Crippen LogP contribution < -0.4 is 0 Å². The van der Waals surface area contributed by atoms with Crippen molar-refractivity contribution in [3.8, 4) is 0 Å². The lowest BCUT2D eigenvalue weighted by atomic mass is 9.95. The summed E-state index contributed by atoms with van der Waals surface area (Å²) in [4.78, 5) is 17.0. The summed E-state index contributed by atoms with van der Waals surface area (Å²) in [6.45, 7) is 7.53. The Hall–Kier alpha value is -1.40. The van der Waals surface area contributed by atoms with Crippen LogP contribution in [0, 0.1) is 12.8 Å². The van der Waals surface area contributed by atoms with Crippen LogP contribution in [0.25, 0.3) is 6.08 Å². The summed E-state index contributed by atoms with van der Waals surface area (Å²) < 4.78 is 11.5. The maximum atomic E-state index is 12.7. The quantitative estimate of drug-likeness (QED) is 0.747. The lowest BCUT2D eigenvalue weighted by Crippen LogP contribution is -2.49. The SMILES string of the molecule is Cc1ccc(/C=C/C2CCN(C(=O)CN3CCC4(CC3)OCCO4)CC2)cc1.Cl. The van der Waals surface area contributed by atoms with Crippen LogP contribution in [0.2, 0.25) is 0 Å². The molecule has 29 heavy (non-hydrogen) atoms. The number of allylic oxidation sites excluding steroid dienone is 1. The highest BCUT2D eigenvalue weighted by molar-refractivity contribution is 5.85. The number of likely N-dealkylation sites (tertiary alicyclic amines) is 2. The zero-order valence-corrected chi connectivity index (χ0v) is 18.2. The predicted molar refractivity (Wildman–Crippen MR) is 117 cm³/mol. The molecular formula is C23H33ClN2O3. The number of rotatable bonds is 4. The standard InChI is InChI=1S/C23H32N2O3.ClH/c1-19-2-4-20(5-3-19)6-7-21-8-12-25(13-9-21)22(26)18-24-14-10-23(11-15-24)27-16-17-28-23;/h2-7,21H,8-18H2,1H3;1H/b7-6+;. The molecule has 0 radical (unpaired) electrons. The number of hydrogen-bond donors (Lipinski definition) is 0. The topological polar surface area (TPSA) is 42.0 Å². The predicted octanol–water partition coefficient (Wildman–Crippen LogP) is 3.51. The van der Waals surface area contributed by atoms with E-state index in [2.05, 4.69) is 48.2 Å². The number of halogens is 1. The van der Waals surface area contributed by atoms with Gasteiger partial charge in [0.25, 0.3) is 0 Å². The van der Waals surface area contributed by atoms with Crippen LogP contribution in [0.1, 0.15) is 36.8 Å². The van der Waals surface area contributed by atoms with Crippen molar-refractivity contribution in [2.75, 3.05) is 45.9 Å². The molecule has 1 amide bonds. The third-order valence-electron chi connectivity index (χ3n) is 6.32. The van der Waals surface area contributed by atoms with Crippen LogP contribution in [-0.2, 0) is 14.3 Å². The Bertz CT molecular complexity index is 683. The fourth-order valence-corrected chi connectivity index (χ4v) is 4.39. The van der Waals surface area contributed by atoms with E-state index in [9.17, 15) is 4.79 Å². The number of carbonyl (C=O) groups excluding carboxylic acids is 1. The molecule has 1 aromatic rings. The average Bonchev–Trinajstić information content (AvgIpc) is 3.18. The third kappa shape index (κ3) is 5.82. The van der Waals surface area contributed by atoms with E-state index in [0.29, 0.717) is 25.7 Å². The molecule has 1 spiro atoms. The lowest BCUT2D eigenvalue weighted by molar-refractivity contribution is -0.186. The van der Waals surface area contributed by atoms with Gasteiger partial charge in [0.1, 0.15) is 0 Å². The van der Waals surface area contributed by atoms with Gasteiger partial charge in [-0.2, -0.15) is 0 Å². The lowest BCUT2D eigenvalue weighted by Gasteiger charge is -2.38. The first-order valence-corrected chi connectivity index (χ1v) is 10.6. The smallest absolute Gasteiger partial charge is 0.236 e. The number of benzene rings is 1. The number of ether oxygens (including phenoxy) is 2. The van der Waals surface area contributed by atoms with Crippen molar-refractivity contribution in [1.82, 2.24) is 9.80 Å². The minimum atomic E-state index is -0.359. The summed E-state index contributed by atoms with van der Waals surface area (Å²) in [6.07, 6.45) is 8.38. The van der Waals surface area contributed by atoms with Gasteiger partial charge >= 0.3 is 0 Å². The number of amides is 1. The van der Waals surface area contributed by atoms with E-state index in [1.54, 1.807) is 0 Å². The van der Waals surface area contributed by atoms with Gasteiger partial charge in [0.2, 0.25) is 5.91 Å². The Morgan fingerprint density at radius 2 is 1.69 bits per heavy atom. The molecule has 0 saturated carbocycles. The molecule has 0 aromatic heterocycles. The fraction of sp³-hybridized carbons (Fsp3) is 0.609. The number of piperidine rings is 2. The van der Waals surface area contributed by atoms with E-state index in [0.717, 1.165) is 51.9 Å². The Labute approximate surface area is 180 Å². The molecule has 0 N–H and O–H groups in total. The molecule has 5 nitrogen and oxygen atoms in total. The molecular weight excluding hydrogens is 388 g/mol. The molecule has 1 aromatic carbocycles. The zero-order valence-electron chi connectivity index (χ0n) is 17.3. The Balaban J connectivity index is 0.00000240. The number of hydrogen-bond acceptors (Lipinski definition) is 4. The number of nitrogens with zero attached hydrogens (tertiary/aromatic N) is 2. The molecule has 3 aliphatic heterocycles. The molecule has 4 rings (SSSR count). The number of aryl methyl sites for hydroxylation is 1. The van der Waals surface area contributed by atoms with Gasteiger partial charge in [0, 0.05) is 39.0 Å². The van der Waals surface area contributed by atoms with Crippen molar-refractivity contribution in [2.45, 2.75) is 38.4 Å². The van der Waals surface area contributed by atoms with Crippen LogP contribution in [0.3, 0.4) is 0 Å². The molecule has 3 fully saturated rings. The summed E-state index contributed by atoms with van der Waals surface area (Å²) in [5, 5.41) is 0. The molecule has 3 heterocycles. The minimum Gasteiger partial charge on any atom is -0.347 e. The second-order valence-electron chi connectivity index (χ2n) is 8.37. The van der Waals surface area contributed by atoms with Crippen molar-refractivity contribution >= 4 is 24.4 Å². The van der Waals surface area contributed by atoms with Crippen molar-refractivity contribution in [3.63, 3.8) is 0 Å². The van der Waals surface area contributed by atoms with Crippen LogP contribution in [0.15, 0.2) is 30.3 Å². The van der Waals surface area contributed by atoms with E-state index < -0.39 is 0 Å². The van der Waals surface area contributed by atoms with Crippen LogP contribution in [0.4, 0.5) is 0 Å². The second-order valence-corrected chi connectivity index (χ2v) is 8.37. The largest absolute Gasteiger partial charge is 0.347 e. The van der Waals surface area contributed by atoms with Gasteiger partial charge in [-0.15, -0.1) is 12.4 Å². The highest BCUT2D eigenvalue weighted by Gasteiger charge is 2.40. The van der Waals surface area contributed by atoms with Crippen molar-refractivity contribution in [2.24, 2.45) is 5.92 Å². The summed E-state index contributed by atoms with van der Waals surface area (Å²) in [7, 11) is 0. The fourth-order valence-electron chi connectivity index (χ4n) is 4.39. The molecule has 3 aliphatic rings. The molecule has 3 saturated heterocycles. The van der Waals surface area contributed by atoms with Gasteiger partial charge in [0.15, 0.2) is 5.79 Å². The summed E-state index contributed by atoms with van der Waals surface area (Å²) >= 11 is 0. The highest BCUT2D eigenvalue weighted by Crippen LogP contribution is 2.31. The van der Waals surface area contributed by atoms with E-state index >= 15 is 0 Å². The van der Waals surface area contributed by atoms with Crippen molar-refractivity contribution in [3.05, 3.63) is 41.5 Å². The van der Waals surface area contributed by atoms with Crippen molar-refractivity contribution < 1.29 is 14.3 Å². The molecule has 0 atom stereocenters. The van der Waals surface area contributed by atoms with Gasteiger partial charge in [-0.25, -0.2) is 0 Å². The van der Waals surface area contributed by atoms with Crippen LogP contribution in [0.5, 0.6) is 0 Å². The van der Waals surface area contributed by atoms with Crippen LogP contribution in [-0.4, -0.2) is 67.4 Å². The molecule has 0 bridgehead atoms.